The van der Waals surface area contributed by atoms with Gasteiger partial charge in [-0.25, -0.2) is 9.97 Å². The molecule has 0 spiro atoms. The van der Waals surface area contributed by atoms with Gasteiger partial charge in [-0.05, 0) is 44.7 Å². The van der Waals surface area contributed by atoms with E-state index < -0.39 is 0 Å². The number of hydrogen-bond acceptors (Lipinski definition) is 5. The molecule has 0 radical (unpaired) electrons. The van der Waals surface area contributed by atoms with Crippen LogP contribution < -0.4 is 10.2 Å². The van der Waals surface area contributed by atoms with Crippen LogP contribution >= 0.6 is 0 Å². The molecule has 5 heteroatoms. The average Bonchev–Trinajstić information content (AvgIpc) is 2.68. The zero-order valence-corrected chi connectivity index (χ0v) is 15.4. The fourth-order valence-corrected chi connectivity index (χ4v) is 3.83. The van der Waals surface area contributed by atoms with E-state index in [1.165, 1.54) is 19.3 Å². The number of nitrogens with one attached hydrogen (secondary N) is 1. The predicted molar refractivity (Wildman–Crippen MR) is 107 cm³/mol. The van der Waals surface area contributed by atoms with Crippen LogP contribution in [0.3, 0.4) is 0 Å². The van der Waals surface area contributed by atoms with E-state index in [-0.39, 0.29) is 0 Å². The molecular formula is C21H25N5. The molecule has 0 bridgehead atoms. The van der Waals surface area contributed by atoms with Crippen molar-refractivity contribution in [1.82, 2.24) is 15.0 Å². The minimum atomic E-state index is 0.574. The van der Waals surface area contributed by atoms with E-state index >= 15 is 0 Å². The van der Waals surface area contributed by atoms with Crippen LogP contribution in [0.25, 0.3) is 10.9 Å². The Morgan fingerprint density at radius 2 is 2.04 bits per heavy atom. The Kier molecular flexibility index (Phi) is 4.69. The van der Waals surface area contributed by atoms with Crippen LogP contribution in [0.15, 0.2) is 42.6 Å². The second-order valence-corrected chi connectivity index (χ2v) is 6.92. The lowest BCUT2D eigenvalue weighted by Gasteiger charge is -2.36. The minimum Gasteiger partial charge on any atom is -0.353 e. The van der Waals surface area contributed by atoms with E-state index in [4.69, 9.17) is 4.98 Å². The van der Waals surface area contributed by atoms with Crippen LogP contribution in [0.2, 0.25) is 0 Å². The molecule has 1 unspecified atom stereocenters. The highest BCUT2D eigenvalue weighted by Gasteiger charge is 2.22. The van der Waals surface area contributed by atoms with Crippen LogP contribution in [-0.4, -0.2) is 27.5 Å². The molecule has 2 aromatic heterocycles. The number of nitrogens with zero attached hydrogens (tertiary/aromatic N) is 4. The molecule has 1 saturated heterocycles. The Labute approximate surface area is 154 Å². The van der Waals surface area contributed by atoms with Crippen molar-refractivity contribution < 1.29 is 0 Å². The molecule has 1 aromatic carbocycles. The Balaban J connectivity index is 1.68. The molecule has 3 heterocycles. The highest BCUT2D eigenvalue weighted by Crippen LogP contribution is 2.29. The molecule has 4 rings (SSSR count). The zero-order chi connectivity index (χ0) is 17.9. The van der Waals surface area contributed by atoms with Gasteiger partial charge >= 0.3 is 0 Å². The Hall–Kier alpha value is -2.69. The molecule has 1 aliphatic rings. The van der Waals surface area contributed by atoms with E-state index in [0.29, 0.717) is 6.04 Å². The highest BCUT2D eigenvalue weighted by atomic mass is 15.2. The molecule has 1 aliphatic heterocycles. The molecule has 0 saturated carbocycles. The van der Waals surface area contributed by atoms with Gasteiger partial charge in [0.2, 0.25) is 0 Å². The number of pyridine rings is 1. The number of piperidine rings is 1. The summed E-state index contributed by atoms with van der Waals surface area (Å²) < 4.78 is 0. The first kappa shape index (κ1) is 16.8. The number of aryl methyl sites for hydroxylation is 1. The van der Waals surface area contributed by atoms with Crippen LogP contribution in [-0.2, 0) is 0 Å². The molecule has 1 atom stereocenters. The van der Waals surface area contributed by atoms with Gasteiger partial charge < -0.3 is 10.2 Å². The van der Waals surface area contributed by atoms with E-state index in [9.17, 15) is 0 Å². The van der Waals surface area contributed by atoms with E-state index in [2.05, 4.69) is 45.3 Å². The summed E-state index contributed by atoms with van der Waals surface area (Å²) in [4.78, 5) is 16.3. The largest absolute Gasteiger partial charge is 0.353 e. The van der Waals surface area contributed by atoms with Crippen LogP contribution in [0.5, 0.6) is 0 Å². The van der Waals surface area contributed by atoms with Gasteiger partial charge in [0.1, 0.15) is 17.5 Å². The van der Waals surface area contributed by atoms with Crippen molar-refractivity contribution >= 4 is 28.2 Å². The zero-order valence-electron chi connectivity index (χ0n) is 15.4. The van der Waals surface area contributed by atoms with E-state index in [0.717, 1.165) is 47.0 Å². The number of hydrogen-bond donors (Lipinski definition) is 1. The summed E-state index contributed by atoms with van der Waals surface area (Å²) in [6.45, 7) is 5.29. The van der Waals surface area contributed by atoms with Gasteiger partial charge in [0.15, 0.2) is 0 Å². The third-order valence-electron chi connectivity index (χ3n) is 5.11. The van der Waals surface area contributed by atoms with Crippen LogP contribution in [0, 0.1) is 6.92 Å². The summed E-state index contributed by atoms with van der Waals surface area (Å²) in [6, 6.07) is 12.8. The van der Waals surface area contributed by atoms with Gasteiger partial charge in [0.05, 0.1) is 11.2 Å². The first-order valence-electron chi connectivity index (χ1n) is 9.47. The third-order valence-corrected chi connectivity index (χ3v) is 5.11. The second kappa shape index (κ2) is 7.28. The first-order chi connectivity index (χ1) is 12.7. The third kappa shape index (κ3) is 3.34. The van der Waals surface area contributed by atoms with E-state index in [1.807, 2.05) is 31.3 Å². The summed E-state index contributed by atoms with van der Waals surface area (Å²) in [5, 5.41) is 4.58. The summed E-state index contributed by atoms with van der Waals surface area (Å²) in [5.41, 5.74) is 1.93. The summed E-state index contributed by atoms with van der Waals surface area (Å²) in [6.07, 6.45) is 6.76. The van der Waals surface area contributed by atoms with Gasteiger partial charge in [0, 0.05) is 30.2 Å². The molecule has 0 aliphatic carbocycles. The number of anilines is 3. The number of para-hydroxylation sites is 1. The first-order valence-corrected chi connectivity index (χ1v) is 9.47. The maximum atomic E-state index is 4.72. The van der Waals surface area contributed by atoms with Crippen molar-refractivity contribution in [3.05, 3.63) is 48.4 Å². The standard InChI is InChI=1S/C21H25N5/c1-3-17-10-4-5-13-26(17)20-14-19(23-15(2)24-20)25-18-11-6-8-16-9-7-12-22-21(16)18/h6-9,11-12,14,17H,3-5,10,13H2,1-2H3,(H,23,24,25). The molecular weight excluding hydrogens is 322 g/mol. The van der Waals surface area contributed by atoms with Crippen molar-refractivity contribution in [3.63, 3.8) is 0 Å². The lowest BCUT2D eigenvalue weighted by Crippen LogP contribution is -2.39. The summed E-state index contributed by atoms with van der Waals surface area (Å²) >= 11 is 0. The maximum Gasteiger partial charge on any atom is 0.136 e. The molecule has 0 amide bonds. The Morgan fingerprint density at radius 1 is 1.15 bits per heavy atom. The average molecular weight is 347 g/mol. The van der Waals surface area contributed by atoms with Gasteiger partial charge in [-0.15, -0.1) is 0 Å². The van der Waals surface area contributed by atoms with Crippen molar-refractivity contribution in [3.8, 4) is 0 Å². The number of aromatic nitrogens is 3. The number of rotatable bonds is 4. The maximum absolute atomic E-state index is 4.72. The molecule has 3 aromatic rings. The quantitative estimate of drug-likeness (QED) is 0.731. The SMILES string of the molecule is CCC1CCCCN1c1cc(Nc2cccc3cccnc23)nc(C)n1. The lowest BCUT2D eigenvalue weighted by atomic mass is 10.00. The molecule has 26 heavy (non-hydrogen) atoms. The molecule has 5 nitrogen and oxygen atoms in total. The van der Waals surface area contributed by atoms with Crippen LogP contribution in [0.1, 0.15) is 38.4 Å². The molecule has 1 fully saturated rings. The lowest BCUT2D eigenvalue weighted by molar-refractivity contribution is 0.446. The van der Waals surface area contributed by atoms with Gasteiger partial charge in [0.25, 0.3) is 0 Å². The van der Waals surface area contributed by atoms with Gasteiger partial charge in [-0.3, -0.25) is 4.98 Å². The van der Waals surface area contributed by atoms with Crippen LogP contribution in [0.4, 0.5) is 17.3 Å². The smallest absolute Gasteiger partial charge is 0.136 e. The Bertz CT molecular complexity index is 903. The topological polar surface area (TPSA) is 53.9 Å². The number of benzene rings is 1. The van der Waals surface area contributed by atoms with Crippen molar-refractivity contribution in [1.29, 1.82) is 0 Å². The molecule has 134 valence electrons. The fraction of sp³-hybridized carbons (Fsp3) is 0.381. The monoisotopic (exact) mass is 347 g/mol. The normalized spacial score (nSPS) is 17.5. The molecule has 1 N–H and O–H groups in total. The highest BCUT2D eigenvalue weighted by molar-refractivity contribution is 5.91. The second-order valence-electron chi connectivity index (χ2n) is 6.92. The summed E-state index contributed by atoms with van der Waals surface area (Å²) in [5.74, 6) is 2.64. The fourth-order valence-electron chi connectivity index (χ4n) is 3.83. The minimum absolute atomic E-state index is 0.574. The van der Waals surface area contributed by atoms with Crippen molar-refractivity contribution in [2.24, 2.45) is 0 Å². The van der Waals surface area contributed by atoms with Crippen molar-refractivity contribution in [2.75, 3.05) is 16.8 Å². The number of fused-ring (bicyclic) bond motifs is 1. The predicted octanol–water partition coefficient (Wildman–Crippen LogP) is 4.85. The van der Waals surface area contributed by atoms with E-state index in [1.54, 1.807) is 0 Å². The van der Waals surface area contributed by atoms with Crippen molar-refractivity contribution in [2.45, 2.75) is 45.6 Å². The van der Waals surface area contributed by atoms with Gasteiger partial charge in [-0.2, -0.15) is 0 Å². The van der Waals surface area contributed by atoms with Gasteiger partial charge in [-0.1, -0.05) is 25.1 Å². The summed E-state index contributed by atoms with van der Waals surface area (Å²) in [7, 11) is 0. The Morgan fingerprint density at radius 3 is 2.92 bits per heavy atom.